The molecule has 5 rings (SSSR count). The first kappa shape index (κ1) is 35.0. The standard InChI is InChI=1S/C36H36BrCl2N3O4S/c1-25-14-17-31(18-15-25)47(45,46)42(33-22-29(38)16-19-32(33)39)24-35(43)41(23-27-10-7-11-28(37)20-27)34(21-26-8-3-2-4-9-26)36(44)40-30-12-5-6-13-30/h2-4,7-11,14-20,22,30,34H,5-6,12-13,21,23-24H2,1H3,(H,40,44). The molecule has 1 saturated carbocycles. The van der Waals surface area contributed by atoms with Gasteiger partial charge in [0.1, 0.15) is 12.6 Å². The van der Waals surface area contributed by atoms with Crippen molar-refractivity contribution in [2.75, 3.05) is 10.8 Å². The number of nitrogens with zero attached hydrogens (tertiary/aromatic N) is 2. The Morgan fingerprint density at radius 2 is 1.57 bits per heavy atom. The van der Waals surface area contributed by atoms with E-state index in [4.69, 9.17) is 23.2 Å². The van der Waals surface area contributed by atoms with E-state index in [-0.39, 0.29) is 45.5 Å². The lowest BCUT2D eigenvalue weighted by Crippen LogP contribution is -2.54. The van der Waals surface area contributed by atoms with Gasteiger partial charge >= 0.3 is 0 Å². The fourth-order valence-electron chi connectivity index (χ4n) is 5.78. The minimum atomic E-state index is -4.31. The van der Waals surface area contributed by atoms with Crippen LogP contribution in [0.15, 0.2) is 106 Å². The van der Waals surface area contributed by atoms with Crippen molar-refractivity contribution in [3.8, 4) is 0 Å². The van der Waals surface area contributed by atoms with Gasteiger partial charge in [-0.15, -0.1) is 0 Å². The van der Waals surface area contributed by atoms with Crippen LogP contribution < -0.4 is 9.62 Å². The van der Waals surface area contributed by atoms with Crippen molar-refractivity contribution in [3.63, 3.8) is 0 Å². The Labute approximate surface area is 295 Å². The van der Waals surface area contributed by atoms with Crippen molar-refractivity contribution in [1.82, 2.24) is 10.2 Å². The smallest absolute Gasteiger partial charge is 0.264 e. The lowest BCUT2D eigenvalue weighted by atomic mass is 10.0. The average molecular weight is 758 g/mol. The Hall–Kier alpha value is -3.37. The second kappa shape index (κ2) is 15.7. The predicted molar refractivity (Wildman–Crippen MR) is 191 cm³/mol. The monoisotopic (exact) mass is 755 g/mol. The van der Waals surface area contributed by atoms with E-state index in [9.17, 15) is 18.0 Å². The molecule has 11 heteroatoms. The molecule has 4 aromatic rings. The van der Waals surface area contributed by atoms with Gasteiger partial charge in [-0.2, -0.15) is 0 Å². The third kappa shape index (κ3) is 8.96. The average Bonchev–Trinajstić information content (AvgIpc) is 3.56. The van der Waals surface area contributed by atoms with Crippen LogP contribution in [0.3, 0.4) is 0 Å². The summed E-state index contributed by atoms with van der Waals surface area (Å²) in [6.07, 6.45) is 4.04. The van der Waals surface area contributed by atoms with Crippen LogP contribution >= 0.6 is 39.1 Å². The quantitative estimate of drug-likeness (QED) is 0.159. The zero-order chi connectivity index (χ0) is 33.6. The zero-order valence-corrected chi connectivity index (χ0v) is 29.8. The van der Waals surface area contributed by atoms with Crippen LogP contribution in [0.4, 0.5) is 5.69 Å². The third-order valence-electron chi connectivity index (χ3n) is 8.28. The van der Waals surface area contributed by atoms with Crippen LogP contribution in [0.25, 0.3) is 0 Å². The van der Waals surface area contributed by atoms with Gasteiger partial charge in [0.2, 0.25) is 11.8 Å². The van der Waals surface area contributed by atoms with E-state index in [1.807, 2.05) is 61.5 Å². The number of carbonyl (C=O) groups excluding carboxylic acids is 2. The van der Waals surface area contributed by atoms with E-state index in [1.165, 1.54) is 29.2 Å². The number of nitrogens with one attached hydrogen (secondary N) is 1. The molecule has 1 unspecified atom stereocenters. The van der Waals surface area contributed by atoms with Crippen LogP contribution in [0.1, 0.15) is 42.4 Å². The molecule has 0 aromatic heterocycles. The molecule has 1 atom stereocenters. The van der Waals surface area contributed by atoms with Crippen molar-refractivity contribution >= 4 is 66.7 Å². The maximum atomic E-state index is 14.7. The molecule has 7 nitrogen and oxygen atoms in total. The fourth-order valence-corrected chi connectivity index (χ4v) is 8.09. The summed E-state index contributed by atoms with van der Waals surface area (Å²) < 4.78 is 30.3. The topological polar surface area (TPSA) is 86.8 Å². The number of sulfonamides is 1. The number of anilines is 1. The number of hydrogen-bond donors (Lipinski definition) is 1. The molecule has 246 valence electrons. The van der Waals surface area contributed by atoms with Gasteiger partial charge in [0.15, 0.2) is 0 Å². The highest BCUT2D eigenvalue weighted by molar-refractivity contribution is 9.10. The van der Waals surface area contributed by atoms with Crippen molar-refractivity contribution in [3.05, 3.63) is 128 Å². The van der Waals surface area contributed by atoms with E-state index in [2.05, 4.69) is 21.2 Å². The van der Waals surface area contributed by atoms with Gasteiger partial charge in [-0.1, -0.05) is 112 Å². The van der Waals surface area contributed by atoms with E-state index < -0.39 is 28.5 Å². The number of hydrogen-bond acceptors (Lipinski definition) is 4. The van der Waals surface area contributed by atoms with Gasteiger partial charge in [-0.25, -0.2) is 8.42 Å². The first-order valence-corrected chi connectivity index (χ1v) is 18.4. The summed E-state index contributed by atoms with van der Waals surface area (Å²) in [5.41, 5.74) is 2.58. The Bertz CT molecular complexity index is 1820. The van der Waals surface area contributed by atoms with Crippen LogP contribution in [-0.2, 0) is 32.6 Å². The van der Waals surface area contributed by atoms with Gasteiger partial charge in [0.05, 0.1) is 15.6 Å². The molecule has 0 aliphatic heterocycles. The van der Waals surface area contributed by atoms with Crippen molar-refractivity contribution in [2.24, 2.45) is 0 Å². The van der Waals surface area contributed by atoms with Gasteiger partial charge in [0, 0.05) is 28.5 Å². The number of carbonyl (C=O) groups is 2. The Morgan fingerprint density at radius 3 is 2.26 bits per heavy atom. The Balaban J connectivity index is 1.59. The molecule has 1 N–H and O–H groups in total. The maximum Gasteiger partial charge on any atom is 0.264 e. The molecule has 4 aromatic carbocycles. The molecule has 1 aliphatic rings. The largest absolute Gasteiger partial charge is 0.352 e. The normalized spacial score (nSPS) is 14.0. The Morgan fingerprint density at radius 1 is 0.894 bits per heavy atom. The summed E-state index contributed by atoms with van der Waals surface area (Å²) in [5, 5.41) is 3.54. The lowest BCUT2D eigenvalue weighted by molar-refractivity contribution is -0.140. The van der Waals surface area contributed by atoms with Crippen molar-refractivity contribution < 1.29 is 18.0 Å². The molecular weight excluding hydrogens is 721 g/mol. The highest BCUT2D eigenvalue weighted by atomic mass is 79.9. The molecule has 0 radical (unpaired) electrons. The highest BCUT2D eigenvalue weighted by Gasteiger charge is 2.36. The zero-order valence-electron chi connectivity index (χ0n) is 25.9. The van der Waals surface area contributed by atoms with Gasteiger partial charge in [-0.05, 0) is 73.4 Å². The second-order valence-corrected chi connectivity index (χ2v) is 15.4. The number of aryl methyl sites for hydroxylation is 1. The molecule has 0 bridgehead atoms. The van der Waals surface area contributed by atoms with E-state index >= 15 is 0 Å². The third-order valence-corrected chi connectivity index (χ3v) is 11.1. The predicted octanol–water partition coefficient (Wildman–Crippen LogP) is 7.96. The highest BCUT2D eigenvalue weighted by Crippen LogP contribution is 2.33. The fraction of sp³-hybridized carbons (Fsp3) is 0.278. The van der Waals surface area contributed by atoms with Gasteiger partial charge in [-0.3, -0.25) is 13.9 Å². The number of benzene rings is 4. The number of halogens is 3. The van der Waals surface area contributed by atoms with Crippen LogP contribution in [-0.4, -0.2) is 43.8 Å². The molecule has 1 aliphatic carbocycles. The first-order chi connectivity index (χ1) is 22.5. The molecule has 1 fully saturated rings. The van der Waals surface area contributed by atoms with Gasteiger partial charge in [0.25, 0.3) is 10.0 Å². The summed E-state index contributed by atoms with van der Waals surface area (Å²) >= 11 is 16.4. The van der Waals surface area contributed by atoms with Crippen LogP contribution in [0.2, 0.25) is 10.0 Å². The number of rotatable bonds is 12. The Kier molecular flexibility index (Phi) is 11.7. The van der Waals surface area contributed by atoms with E-state index in [1.54, 1.807) is 18.2 Å². The van der Waals surface area contributed by atoms with Crippen molar-refractivity contribution in [2.45, 2.75) is 62.6 Å². The molecule has 0 saturated heterocycles. The maximum absolute atomic E-state index is 14.7. The minimum Gasteiger partial charge on any atom is -0.352 e. The minimum absolute atomic E-state index is 0.00899. The summed E-state index contributed by atoms with van der Waals surface area (Å²) in [5.74, 6) is -0.850. The number of amides is 2. The summed E-state index contributed by atoms with van der Waals surface area (Å²) in [6.45, 7) is 1.30. The van der Waals surface area contributed by atoms with Gasteiger partial charge < -0.3 is 10.2 Å². The van der Waals surface area contributed by atoms with E-state index in [0.717, 1.165) is 51.2 Å². The summed E-state index contributed by atoms with van der Waals surface area (Å²) in [7, 11) is -4.31. The SMILES string of the molecule is Cc1ccc(S(=O)(=O)N(CC(=O)N(Cc2cccc(Br)c2)C(Cc2ccccc2)C(=O)NC2CCCC2)c2cc(Cl)ccc2Cl)cc1. The van der Waals surface area contributed by atoms with Crippen LogP contribution in [0, 0.1) is 6.92 Å². The van der Waals surface area contributed by atoms with Crippen molar-refractivity contribution in [1.29, 1.82) is 0 Å². The first-order valence-electron chi connectivity index (χ1n) is 15.4. The molecule has 0 heterocycles. The molecule has 2 amide bonds. The molecular formula is C36H36BrCl2N3O4S. The molecule has 0 spiro atoms. The van der Waals surface area contributed by atoms with Crippen LogP contribution in [0.5, 0.6) is 0 Å². The molecule has 47 heavy (non-hydrogen) atoms. The lowest BCUT2D eigenvalue weighted by Gasteiger charge is -2.34. The summed E-state index contributed by atoms with van der Waals surface area (Å²) in [6, 6.07) is 26.9. The second-order valence-electron chi connectivity index (χ2n) is 11.8. The summed E-state index contributed by atoms with van der Waals surface area (Å²) in [4.78, 5) is 30.3. The van der Waals surface area contributed by atoms with E-state index in [0.29, 0.717) is 0 Å².